The van der Waals surface area contributed by atoms with E-state index in [2.05, 4.69) is 5.32 Å². The summed E-state index contributed by atoms with van der Waals surface area (Å²) in [6, 6.07) is 17.5. The Morgan fingerprint density at radius 3 is 2.58 bits per heavy atom. The van der Waals surface area contributed by atoms with Crippen molar-refractivity contribution in [1.82, 2.24) is 4.90 Å². The molecule has 8 nitrogen and oxygen atoms in total. The lowest BCUT2D eigenvalue weighted by atomic mass is 10.1. The van der Waals surface area contributed by atoms with E-state index >= 15 is 0 Å². The van der Waals surface area contributed by atoms with Crippen LogP contribution in [-0.4, -0.2) is 35.9 Å². The predicted molar refractivity (Wildman–Crippen MR) is 114 cm³/mol. The summed E-state index contributed by atoms with van der Waals surface area (Å²) in [5.74, 6) is 0.186. The number of nitrogens with zero attached hydrogens (tertiary/aromatic N) is 2. The van der Waals surface area contributed by atoms with Gasteiger partial charge in [0.15, 0.2) is 0 Å². The zero-order chi connectivity index (χ0) is 21.8. The Kier molecular flexibility index (Phi) is 5.70. The molecule has 3 aromatic rings. The second-order valence-corrected chi connectivity index (χ2v) is 7.00. The van der Waals surface area contributed by atoms with Gasteiger partial charge in [0.2, 0.25) is 5.91 Å². The number of anilines is 2. The second kappa shape index (κ2) is 8.74. The number of para-hydroxylation sites is 1. The van der Waals surface area contributed by atoms with Gasteiger partial charge in [-0.1, -0.05) is 24.3 Å². The lowest BCUT2D eigenvalue weighted by molar-refractivity contribution is -0.124. The van der Waals surface area contributed by atoms with Crippen LogP contribution >= 0.6 is 0 Å². The summed E-state index contributed by atoms with van der Waals surface area (Å²) in [6.45, 7) is 0.0708. The average molecular weight is 419 g/mol. The number of methoxy groups -OCH3 is 1. The molecule has 0 bridgehead atoms. The second-order valence-electron chi connectivity index (χ2n) is 7.00. The molecule has 1 unspecified atom stereocenters. The van der Waals surface area contributed by atoms with E-state index in [1.165, 1.54) is 18.3 Å². The van der Waals surface area contributed by atoms with Gasteiger partial charge >= 0.3 is 6.03 Å². The van der Waals surface area contributed by atoms with Gasteiger partial charge in [-0.25, -0.2) is 9.69 Å². The van der Waals surface area contributed by atoms with Crippen molar-refractivity contribution in [3.8, 4) is 5.75 Å². The number of benzene rings is 2. The maximum absolute atomic E-state index is 13.3. The standard InChI is InChI=1S/C23H21N3O5/c1-30-18-10-5-9-17(13-18)26-22(28)20(14-21(27)24-16-7-3-2-4-8-16)25(23(26)29)15-19-11-6-12-31-19/h2-13,20H,14-15H2,1H3,(H,24,27). The number of hydrogen-bond acceptors (Lipinski definition) is 5. The lowest BCUT2D eigenvalue weighted by Gasteiger charge is -2.20. The molecule has 0 spiro atoms. The highest BCUT2D eigenvalue weighted by Crippen LogP contribution is 2.30. The van der Waals surface area contributed by atoms with Crippen LogP contribution in [0.4, 0.5) is 16.2 Å². The largest absolute Gasteiger partial charge is 0.497 e. The third kappa shape index (κ3) is 4.28. The van der Waals surface area contributed by atoms with Crippen molar-refractivity contribution in [3.63, 3.8) is 0 Å². The van der Waals surface area contributed by atoms with Gasteiger partial charge in [0.05, 0.1) is 32.0 Å². The highest BCUT2D eigenvalue weighted by atomic mass is 16.5. The van der Waals surface area contributed by atoms with Crippen molar-refractivity contribution in [2.75, 3.05) is 17.3 Å². The SMILES string of the molecule is COc1cccc(N2C(=O)C(CC(=O)Nc3ccccc3)N(Cc3ccco3)C2=O)c1. The van der Waals surface area contributed by atoms with E-state index in [1.807, 2.05) is 6.07 Å². The Labute approximate surface area is 179 Å². The topological polar surface area (TPSA) is 92.1 Å². The van der Waals surface area contributed by atoms with Crippen molar-refractivity contribution >= 4 is 29.2 Å². The molecule has 1 atom stereocenters. The Bertz CT molecular complexity index is 1080. The van der Waals surface area contributed by atoms with Crippen LogP contribution in [-0.2, 0) is 16.1 Å². The lowest BCUT2D eigenvalue weighted by Crippen LogP contribution is -2.37. The van der Waals surface area contributed by atoms with E-state index in [4.69, 9.17) is 9.15 Å². The molecule has 1 N–H and O–H groups in total. The number of nitrogens with one attached hydrogen (secondary N) is 1. The van der Waals surface area contributed by atoms with Crippen molar-refractivity contribution < 1.29 is 23.5 Å². The van der Waals surface area contributed by atoms with Gasteiger partial charge in [-0.3, -0.25) is 9.59 Å². The van der Waals surface area contributed by atoms with Crippen LogP contribution in [0.5, 0.6) is 5.75 Å². The molecule has 31 heavy (non-hydrogen) atoms. The van der Waals surface area contributed by atoms with Gasteiger partial charge in [-0.2, -0.15) is 0 Å². The Morgan fingerprint density at radius 2 is 1.87 bits per heavy atom. The minimum Gasteiger partial charge on any atom is -0.497 e. The molecule has 4 rings (SSSR count). The monoisotopic (exact) mass is 419 g/mol. The molecule has 1 fully saturated rings. The number of ether oxygens (including phenoxy) is 1. The number of furan rings is 1. The van der Waals surface area contributed by atoms with E-state index in [-0.39, 0.29) is 18.9 Å². The van der Waals surface area contributed by atoms with Crippen molar-refractivity contribution in [2.45, 2.75) is 19.0 Å². The first-order valence-corrected chi connectivity index (χ1v) is 9.72. The van der Waals surface area contributed by atoms with Gasteiger partial charge in [-0.15, -0.1) is 0 Å². The minimum absolute atomic E-state index is 0.0708. The van der Waals surface area contributed by atoms with Crippen molar-refractivity contribution in [1.29, 1.82) is 0 Å². The highest BCUT2D eigenvalue weighted by Gasteiger charge is 2.47. The van der Waals surface area contributed by atoms with Crippen LogP contribution in [0.15, 0.2) is 77.4 Å². The van der Waals surface area contributed by atoms with Crippen molar-refractivity contribution in [3.05, 3.63) is 78.8 Å². The van der Waals surface area contributed by atoms with Gasteiger partial charge in [-0.05, 0) is 36.4 Å². The van der Waals surface area contributed by atoms with E-state index in [0.29, 0.717) is 22.9 Å². The highest BCUT2D eigenvalue weighted by molar-refractivity contribution is 6.22. The third-order valence-electron chi connectivity index (χ3n) is 4.97. The fourth-order valence-electron chi connectivity index (χ4n) is 3.48. The molecule has 0 saturated carbocycles. The summed E-state index contributed by atoms with van der Waals surface area (Å²) in [5, 5.41) is 2.77. The molecule has 8 heteroatoms. The van der Waals surface area contributed by atoms with E-state index < -0.39 is 18.0 Å². The minimum atomic E-state index is -0.965. The van der Waals surface area contributed by atoms with Gasteiger partial charge in [0, 0.05) is 11.8 Å². The van der Waals surface area contributed by atoms with Crippen molar-refractivity contribution in [2.24, 2.45) is 0 Å². The first-order chi connectivity index (χ1) is 15.1. The molecule has 1 aromatic heterocycles. The van der Waals surface area contributed by atoms with Crippen LogP contribution < -0.4 is 15.0 Å². The molecule has 2 heterocycles. The van der Waals surface area contributed by atoms with E-state index in [9.17, 15) is 14.4 Å². The number of urea groups is 1. The van der Waals surface area contributed by atoms with E-state index in [1.54, 1.807) is 60.7 Å². The zero-order valence-electron chi connectivity index (χ0n) is 16.9. The van der Waals surface area contributed by atoms with Crippen LogP contribution in [0.3, 0.4) is 0 Å². The van der Waals surface area contributed by atoms with Gasteiger partial charge in [0.25, 0.3) is 5.91 Å². The molecular formula is C23H21N3O5. The first-order valence-electron chi connectivity index (χ1n) is 9.72. The number of carbonyl (C=O) groups excluding carboxylic acids is 3. The summed E-state index contributed by atoms with van der Waals surface area (Å²) in [4.78, 5) is 41.5. The molecule has 1 aliphatic rings. The fourth-order valence-corrected chi connectivity index (χ4v) is 3.48. The molecule has 0 radical (unpaired) electrons. The van der Waals surface area contributed by atoms with Crippen LogP contribution in [0.1, 0.15) is 12.2 Å². The predicted octanol–water partition coefficient (Wildman–Crippen LogP) is 3.65. The summed E-state index contributed by atoms with van der Waals surface area (Å²) in [5.41, 5.74) is 0.997. The van der Waals surface area contributed by atoms with Gasteiger partial charge in [0.1, 0.15) is 17.6 Å². The summed E-state index contributed by atoms with van der Waals surface area (Å²) < 4.78 is 10.6. The Balaban J connectivity index is 1.60. The molecule has 1 saturated heterocycles. The smallest absolute Gasteiger partial charge is 0.332 e. The zero-order valence-corrected chi connectivity index (χ0v) is 16.9. The molecule has 2 aromatic carbocycles. The maximum atomic E-state index is 13.3. The summed E-state index contributed by atoms with van der Waals surface area (Å²) in [6.07, 6.45) is 1.31. The summed E-state index contributed by atoms with van der Waals surface area (Å²) in [7, 11) is 1.51. The van der Waals surface area contributed by atoms with E-state index in [0.717, 1.165) is 4.90 Å². The maximum Gasteiger partial charge on any atom is 0.332 e. The number of imide groups is 1. The molecule has 4 amide bonds. The summed E-state index contributed by atoms with van der Waals surface area (Å²) >= 11 is 0. The first kappa shape index (κ1) is 20.2. The molecule has 1 aliphatic heterocycles. The molecular weight excluding hydrogens is 398 g/mol. The number of rotatable bonds is 7. The van der Waals surface area contributed by atoms with Crippen LogP contribution in [0.2, 0.25) is 0 Å². The van der Waals surface area contributed by atoms with Crippen LogP contribution in [0, 0.1) is 0 Å². The fraction of sp³-hybridized carbons (Fsp3) is 0.174. The molecule has 158 valence electrons. The Morgan fingerprint density at radius 1 is 1.06 bits per heavy atom. The Hall–Kier alpha value is -4.07. The third-order valence-corrected chi connectivity index (χ3v) is 4.97. The van der Waals surface area contributed by atoms with Gasteiger partial charge < -0.3 is 19.4 Å². The average Bonchev–Trinajstić information content (AvgIpc) is 3.37. The number of hydrogen-bond donors (Lipinski definition) is 1. The quantitative estimate of drug-likeness (QED) is 0.590. The normalized spacial score (nSPS) is 16.0. The van der Waals surface area contributed by atoms with Crippen LogP contribution in [0.25, 0.3) is 0 Å². The molecule has 0 aliphatic carbocycles. The number of amides is 4. The number of carbonyl (C=O) groups is 3.